The molecule has 7 nitrogen and oxygen atoms in total. The number of anilines is 1. The van der Waals surface area contributed by atoms with Crippen LogP contribution in [0, 0.1) is 0 Å². The molecule has 150 valence electrons. The first-order valence-corrected chi connectivity index (χ1v) is 11.2. The summed E-state index contributed by atoms with van der Waals surface area (Å²) in [7, 11) is 0.464. The number of likely N-dealkylation sites (N-methyl/N-ethyl adjacent to an activating group) is 1. The van der Waals surface area contributed by atoms with Crippen LogP contribution >= 0.6 is 0 Å². The molecule has 1 saturated heterocycles. The second-order valence-corrected chi connectivity index (χ2v) is 9.55. The molecular weight excluding hydrogens is 374 g/mol. The van der Waals surface area contributed by atoms with Crippen molar-refractivity contribution in [1.82, 2.24) is 19.2 Å². The van der Waals surface area contributed by atoms with E-state index in [-0.39, 0.29) is 5.92 Å². The number of benzene rings is 1. The first-order chi connectivity index (χ1) is 13.5. The van der Waals surface area contributed by atoms with E-state index in [0.717, 1.165) is 48.8 Å². The molecular formula is C20H27N5O2S. The largest absolute Gasteiger partial charge is 0.373 e. The summed E-state index contributed by atoms with van der Waals surface area (Å²) in [6.07, 6.45) is 2.81. The molecule has 3 heterocycles. The highest BCUT2D eigenvalue weighted by Crippen LogP contribution is 2.31. The second-order valence-electron chi connectivity index (χ2n) is 7.61. The van der Waals surface area contributed by atoms with Gasteiger partial charge in [-0.05, 0) is 45.0 Å². The van der Waals surface area contributed by atoms with Crippen LogP contribution in [0.5, 0.6) is 0 Å². The van der Waals surface area contributed by atoms with Crippen molar-refractivity contribution >= 4 is 15.8 Å². The van der Waals surface area contributed by atoms with Crippen LogP contribution < -0.4 is 5.32 Å². The van der Waals surface area contributed by atoms with Crippen molar-refractivity contribution in [1.29, 1.82) is 0 Å². The number of nitrogens with zero attached hydrogens (tertiary/aromatic N) is 4. The lowest BCUT2D eigenvalue weighted by Gasteiger charge is -2.31. The van der Waals surface area contributed by atoms with Gasteiger partial charge in [-0.3, -0.25) is 0 Å². The van der Waals surface area contributed by atoms with Crippen LogP contribution in [0.2, 0.25) is 0 Å². The molecule has 0 unspecified atom stereocenters. The fourth-order valence-electron chi connectivity index (χ4n) is 4.14. The van der Waals surface area contributed by atoms with Gasteiger partial charge in [0.15, 0.2) is 0 Å². The Balaban J connectivity index is 1.66. The predicted octanol–water partition coefficient (Wildman–Crippen LogP) is 2.07. The minimum absolute atomic E-state index is 0.289. The Hall–Kier alpha value is -2.03. The fraction of sp³-hybridized carbons (Fsp3) is 0.500. The van der Waals surface area contributed by atoms with E-state index >= 15 is 0 Å². The zero-order valence-corrected chi connectivity index (χ0v) is 17.2. The van der Waals surface area contributed by atoms with Crippen molar-refractivity contribution in [2.45, 2.75) is 36.6 Å². The number of likely N-dealkylation sites (tertiary alicyclic amines) is 1. The molecule has 1 N–H and O–H groups in total. The molecule has 0 amide bonds. The van der Waals surface area contributed by atoms with Crippen LogP contribution in [0.15, 0.2) is 35.2 Å². The lowest BCUT2D eigenvalue weighted by atomic mass is 9.96. The lowest BCUT2D eigenvalue weighted by molar-refractivity contribution is 0.245. The summed E-state index contributed by atoms with van der Waals surface area (Å²) in [6.45, 7) is 2.77. The average molecular weight is 402 g/mol. The smallest absolute Gasteiger partial charge is 0.243 e. The monoisotopic (exact) mass is 401 g/mol. The van der Waals surface area contributed by atoms with Gasteiger partial charge in [-0.1, -0.05) is 18.2 Å². The maximum atomic E-state index is 13.0. The third-order valence-corrected chi connectivity index (χ3v) is 7.51. The van der Waals surface area contributed by atoms with Crippen molar-refractivity contribution in [3.05, 3.63) is 47.4 Å². The number of hydrogen-bond donors (Lipinski definition) is 1. The standard InChI is InChI=1S/C20H27N5O2S/c1-21-20-17-10-12-25(28(26,27)16-8-4-3-5-9-16)14-18(17)22-19(23-20)15-7-6-11-24(2)13-15/h3-5,8-9,15H,6-7,10-14H2,1-2H3,(H,21,22,23)/t15-/m1/s1. The quantitative estimate of drug-likeness (QED) is 0.845. The summed E-state index contributed by atoms with van der Waals surface area (Å²) in [5.74, 6) is 1.95. The molecule has 0 bridgehead atoms. The minimum Gasteiger partial charge on any atom is -0.373 e. The molecule has 1 aromatic heterocycles. The Labute approximate surface area is 166 Å². The SMILES string of the molecule is CNc1nc([C@@H]2CCCN(C)C2)nc2c1CCN(S(=O)(=O)c1ccccc1)C2. The molecule has 0 aliphatic carbocycles. The topological polar surface area (TPSA) is 78.4 Å². The first kappa shape index (κ1) is 19.3. The molecule has 0 saturated carbocycles. The van der Waals surface area contributed by atoms with Crippen LogP contribution in [-0.2, 0) is 23.0 Å². The van der Waals surface area contributed by atoms with E-state index in [9.17, 15) is 8.42 Å². The highest BCUT2D eigenvalue weighted by atomic mass is 32.2. The van der Waals surface area contributed by atoms with Gasteiger partial charge in [0.1, 0.15) is 11.6 Å². The zero-order chi connectivity index (χ0) is 19.7. The lowest BCUT2D eigenvalue weighted by Crippen LogP contribution is -2.37. The Bertz CT molecular complexity index is 949. The van der Waals surface area contributed by atoms with Gasteiger partial charge in [0.2, 0.25) is 10.0 Å². The summed E-state index contributed by atoms with van der Waals surface area (Å²) in [5.41, 5.74) is 1.86. The van der Waals surface area contributed by atoms with Gasteiger partial charge in [0.25, 0.3) is 0 Å². The van der Waals surface area contributed by atoms with Crippen molar-refractivity contribution in [3.63, 3.8) is 0 Å². The molecule has 0 radical (unpaired) electrons. The molecule has 1 fully saturated rings. The van der Waals surface area contributed by atoms with Crippen LogP contribution in [0.25, 0.3) is 0 Å². The first-order valence-electron chi connectivity index (χ1n) is 9.80. The summed E-state index contributed by atoms with van der Waals surface area (Å²) in [6, 6.07) is 8.62. The van der Waals surface area contributed by atoms with Crippen LogP contribution in [-0.4, -0.2) is 61.3 Å². The molecule has 1 aromatic carbocycles. The number of sulfonamides is 1. The molecule has 2 aliphatic rings. The van der Waals surface area contributed by atoms with Gasteiger partial charge < -0.3 is 10.2 Å². The summed E-state index contributed by atoms with van der Waals surface area (Å²) >= 11 is 0. The van der Waals surface area contributed by atoms with Crippen molar-refractivity contribution in [2.24, 2.45) is 0 Å². The van der Waals surface area contributed by atoms with Crippen molar-refractivity contribution in [3.8, 4) is 0 Å². The highest BCUT2D eigenvalue weighted by molar-refractivity contribution is 7.89. The molecule has 28 heavy (non-hydrogen) atoms. The number of fused-ring (bicyclic) bond motifs is 1. The maximum absolute atomic E-state index is 13.0. The molecule has 1 atom stereocenters. The third kappa shape index (κ3) is 3.64. The Morgan fingerprint density at radius 3 is 2.64 bits per heavy atom. The van der Waals surface area contributed by atoms with Gasteiger partial charge >= 0.3 is 0 Å². The van der Waals surface area contributed by atoms with E-state index in [1.165, 1.54) is 4.31 Å². The van der Waals surface area contributed by atoms with E-state index in [2.05, 4.69) is 17.3 Å². The van der Waals surface area contributed by atoms with Gasteiger partial charge in [-0.15, -0.1) is 0 Å². The Morgan fingerprint density at radius 1 is 1.14 bits per heavy atom. The number of hydrogen-bond acceptors (Lipinski definition) is 6. The van der Waals surface area contributed by atoms with E-state index in [1.54, 1.807) is 24.3 Å². The van der Waals surface area contributed by atoms with E-state index < -0.39 is 10.0 Å². The van der Waals surface area contributed by atoms with Crippen molar-refractivity contribution < 1.29 is 8.42 Å². The normalized spacial score (nSPS) is 21.3. The van der Waals surface area contributed by atoms with Crippen molar-refractivity contribution in [2.75, 3.05) is 39.0 Å². The maximum Gasteiger partial charge on any atom is 0.243 e. The average Bonchev–Trinajstić information content (AvgIpc) is 2.73. The van der Waals surface area contributed by atoms with Crippen LogP contribution in [0.3, 0.4) is 0 Å². The molecule has 0 spiro atoms. The van der Waals surface area contributed by atoms with Gasteiger partial charge in [0.05, 0.1) is 17.1 Å². The predicted molar refractivity (Wildman–Crippen MR) is 109 cm³/mol. The molecule has 2 aromatic rings. The molecule has 2 aliphatic heterocycles. The number of rotatable bonds is 4. The number of piperidine rings is 1. The van der Waals surface area contributed by atoms with E-state index in [4.69, 9.17) is 9.97 Å². The fourth-order valence-corrected chi connectivity index (χ4v) is 5.56. The van der Waals surface area contributed by atoms with E-state index in [1.807, 2.05) is 13.1 Å². The van der Waals surface area contributed by atoms with Gasteiger partial charge in [0, 0.05) is 31.6 Å². The van der Waals surface area contributed by atoms with Crippen LogP contribution in [0.1, 0.15) is 35.8 Å². The molecule has 8 heteroatoms. The van der Waals surface area contributed by atoms with Crippen LogP contribution in [0.4, 0.5) is 5.82 Å². The minimum atomic E-state index is -3.53. The van der Waals surface area contributed by atoms with Gasteiger partial charge in [-0.2, -0.15) is 4.31 Å². The number of aromatic nitrogens is 2. The zero-order valence-electron chi connectivity index (χ0n) is 16.4. The third-order valence-electron chi connectivity index (χ3n) is 5.65. The summed E-state index contributed by atoms with van der Waals surface area (Å²) in [4.78, 5) is 12.3. The Kier molecular flexibility index (Phi) is 5.35. The summed E-state index contributed by atoms with van der Waals surface area (Å²) in [5, 5.41) is 3.20. The summed E-state index contributed by atoms with van der Waals surface area (Å²) < 4.78 is 27.6. The van der Waals surface area contributed by atoms with E-state index in [0.29, 0.717) is 24.4 Å². The second kappa shape index (κ2) is 7.77. The molecule has 4 rings (SSSR count). The number of nitrogens with one attached hydrogen (secondary N) is 1. The Morgan fingerprint density at radius 2 is 1.93 bits per heavy atom. The highest BCUT2D eigenvalue weighted by Gasteiger charge is 2.32. The van der Waals surface area contributed by atoms with Gasteiger partial charge in [-0.25, -0.2) is 18.4 Å².